The number of hydrogen-bond acceptors (Lipinski definition) is 4. The SMILES string of the molecule is CC(CO)CCCNc1cc(N)cc(OC(C)C)c1. The molecule has 1 aromatic carbocycles. The quantitative estimate of drug-likeness (QED) is 0.500. The summed E-state index contributed by atoms with van der Waals surface area (Å²) in [4.78, 5) is 0. The van der Waals surface area contributed by atoms with E-state index < -0.39 is 0 Å². The van der Waals surface area contributed by atoms with Crippen molar-refractivity contribution >= 4 is 11.4 Å². The highest BCUT2D eigenvalue weighted by Crippen LogP contribution is 2.23. The van der Waals surface area contributed by atoms with Crippen LogP contribution in [0.2, 0.25) is 0 Å². The van der Waals surface area contributed by atoms with Crippen molar-refractivity contribution in [3.63, 3.8) is 0 Å². The van der Waals surface area contributed by atoms with Gasteiger partial charge in [-0.05, 0) is 38.7 Å². The molecule has 0 aliphatic carbocycles. The number of nitrogen functional groups attached to an aromatic ring is 1. The van der Waals surface area contributed by atoms with Crippen molar-refractivity contribution in [3.8, 4) is 5.75 Å². The molecule has 0 spiro atoms. The van der Waals surface area contributed by atoms with Crippen LogP contribution in [0.4, 0.5) is 11.4 Å². The molecule has 0 heterocycles. The van der Waals surface area contributed by atoms with Crippen molar-refractivity contribution in [2.75, 3.05) is 24.2 Å². The minimum atomic E-state index is 0.139. The smallest absolute Gasteiger partial charge is 0.123 e. The van der Waals surface area contributed by atoms with Crippen LogP contribution in [0.25, 0.3) is 0 Å². The summed E-state index contributed by atoms with van der Waals surface area (Å²) in [7, 11) is 0. The summed E-state index contributed by atoms with van der Waals surface area (Å²) in [6, 6.07) is 5.70. The summed E-state index contributed by atoms with van der Waals surface area (Å²) in [5.74, 6) is 1.16. The largest absolute Gasteiger partial charge is 0.491 e. The van der Waals surface area contributed by atoms with Crippen LogP contribution in [0.5, 0.6) is 5.75 Å². The number of benzene rings is 1. The minimum absolute atomic E-state index is 0.139. The van der Waals surface area contributed by atoms with Gasteiger partial charge in [0.2, 0.25) is 0 Å². The Balaban J connectivity index is 2.46. The molecular formula is C15H26N2O2. The van der Waals surface area contributed by atoms with Gasteiger partial charge < -0.3 is 20.9 Å². The van der Waals surface area contributed by atoms with Gasteiger partial charge in [-0.1, -0.05) is 6.92 Å². The molecule has 0 bridgehead atoms. The summed E-state index contributed by atoms with van der Waals surface area (Å²) < 4.78 is 5.64. The molecule has 19 heavy (non-hydrogen) atoms. The van der Waals surface area contributed by atoms with Gasteiger partial charge >= 0.3 is 0 Å². The Morgan fingerprint density at radius 1 is 1.26 bits per heavy atom. The fourth-order valence-electron chi connectivity index (χ4n) is 1.84. The van der Waals surface area contributed by atoms with Crippen molar-refractivity contribution in [1.29, 1.82) is 0 Å². The minimum Gasteiger partial charge on any atom is -0.491 e. The highest BCUT2D eigenvalue weighted by Gasteiger charge is 2.03. The summed E-state index contributed by atoms with van der Waals surface area (Å²) >= 11 is 0. The molecule has 4 nitrogen and oxygen atoms in total. The molecule has 108 valence electrons. The second-order valence-electron chi connectivity index (χ2n) is 5.31. The summed E-state index contributed by atoms with van der Waals surface area (Å²) in [6.45, 7) is 7.16. The van der Waals surface area contributed by atoms with Gasteiger partial charge in [-0.15, -0.1) is 0 Å². The third-order valence-electron chi connectivity index (χ3n) is 2.82. The Kier molecular flexibility index (Phi) is 6.50. The van der Waals surface area contributed by atoms with Gasteiger partial charge in [0.1, 0.15) is 5.75 Å². The number of nitrogens with one attached hydrogen (secondary N) is 1. The second-order valence-corrected chi connectivity index (χ2v) is 5.31. The van der Waals surface area contributed by atoms with Gasteiger partial charge in [0.15, 0.2) is 0 Å². The Morgan fingerprint density at radius 3 is 2.63 bits per heavy atom. The lowest BCUT2D eigenvalue weighted by Gasteiger charge is -2.14. The monoisotopic (exact) mass is 266 g/mol. The molecule has 1 unspecified atom stereocenters. The lowest BCUT2D eigenvalue weighted by molar-refractivity contribution is 0.229. The van der Waals surface area contributed by atoms with Gasteiger partial charge in [-0.25, -0.2) is 0 Å². The predicted molar refractivity (Wildman–Crippen MR) is 80.6 cm³/mol. The molecule has 0 saturated carbocycles. The van der Waals surface area contributed by atoms with Crippen LogP contribution >= 0.6 is 0 Å². The van der Waals surface area contributed by atoms with Crippen molar-refractivity contribution in [2.24, 2.45) is 5.92 Å². The van der Waals surface area contributed by atoms with Crippen molar-refractivity contribution in [1.82, 2.24) is 0 Å². The van der Waals surface area contributed by atoms with E-state index in [-0.39, 0.29) is 12.7 Å². The first-order valence-electron chi connectivity index (χ1n) is 6.93. The van der Waals surface area contributed by atoms with Gasteiger partial charge in [-0.2, -0.15) is 0 Å². The number of aliphatic hydroxyl groups excluding tert-OH is 1. The van der Waals surface area contributed by atoms with Gasteiger partial charge in [0.25, 0.3) is 0 Å². The lowest BCUT2D eigenvalue weighted by atomic mass is 10.1. The fourth-order valence-corrected chi connectivity index (χ4v) is 1.84. The van der Waals surface area contributed by atoms with Gasteiger partial charge in [-0.3, -0.25) is 0 Å². The van der Waals surface area contributed by atoms with Crippen LogP contribution in [-0.2, 0) is 0 Å². The number of nitrogens with two attached hydrogens (primary N) is 1. The van der Waals surface area contributed by atoms with E-state index in [0.717, 1.165) is 30.8 Å². The van der Waals surface area contributed by atoms with E-state index >= 15 is 0 Å². The van der Waals surface area contributed by atoms with Crippen LogP contribution in [-0.4, -0.2) is 24.4 Å². The van der Waals surface area contributed by atoms with Gasteiger partial charge in [0, 0.05) is 36.7 Å². The molecular weight excluding hydrogens is 240 g/mol. The van der Waals surface area contributed by atoms with Crippen molar-refractivity contribution in [2.45, 2.75) is 39.7 Å². The molecule has 0 amide bonds. The third kappa shape index (κ3) is 6.34. The predicted octanol–water partition coefficient (Wildman–Crippen LogP) is 2.88. The Hall–Kier alpha value is -1.42. The molecule has 4 heteroatoms. The number of anilines is 2. The van der Waals surface area contributed by atoms with Crippen LogP contribution in [0.1, 0.15) is 33.6 Å². The second kappa shape index (κ2) is 7.89. The third-order valence-corrected chi connectivity index (χ3v) is 2.82. The topological polar surface area (TPSA) is 67.5 Å². The molecule has 1 rings (SSSR count). The van der Waals surface area contributed by atoms with Crippen LogP contribution in [0, 0.1) is 5.92 Å². The molecule has 0 aromatic heterocycles. The van der Waals surface area contributed by atoms with E-state index in [2.05, 4.69) is 12.2 Å². The van der Waals surface area contributed by atoms with E-state index in [4.69, 9.17) is 15.6 Å². The molecule has 0 aliphatic heterocycles. The number of aliphatic hydroxyl groups is 1. The number of ether oxygens (including phenoxy) is 1. The highest BCUT2D eigenvalue weighted by atomic mass is 16.5. The maximum absolute atomic E-state index is 8.95. The molecule has 0 fully saturated rings. The van der Waals surface area contributed by atoms with Crippen molar-refractivity contribution in [3.05, 3.63) is 18.2 Å². The zero-order chi connectivity index (χ0) is 14.3. The standard InChI is InChI=1S/C15H26N2O2/c1-11(2)19-15-8-13(16)7-14(9-15)17-6-4-5-12(3)10-18/h7-9,11-12,17-18H,4-6,10,16H2,1-3H3. The molecule has 4 N–H and O–H groups in total. The summed E-state index contributed by atoms with van der Waals surface area (Å²) in [5.41, 5.74) is 7.53. The van der Waals surface area contributed by atoms with E-state index in [9.17, 15) is 0 Å². The molecule has 1 aromatic rings. The van der Waals surface area contributed by atoms with Crippen LogP contribution in [0.3, 0.4) is 0 Å². The number of rotatable bonds is 8. The first-order chi connectivity index (χ1) is 9.01. The van der Waals surface area contributed by atoms with E-state index in [1.165, 1.54) is 0 Å². The first kappa shape index (κ1) is 15.6. The maximum atomic E-state index is 8.95. The van der Waals surface area contributed by atoms with Crippen molar-refractivity contribution < 1.29 is 9.84 Å². The van der Waals surface area contributed by atoms with E-state index in [1.807, 2.05) is 32.0 Å². The number of hydrogen-bond donors (Lipinski definition) is 3. The summed E-state index contributed by atoms with van der Waals surface area (Å²) in [5, 5.41) is 12.3. The molecule has 0 radical (unpaired) electrons. The Bertz CT molecular complexity index is 380. The van der Waals surface area contributed by atoms with E-state index in [1.54, 1.807) is 0 Å². The van der Waals surface area contributed by atoms with Gasteiger partial charge in [0.05, 0.1) is 6.10 Å². The fraction of sp³-hybridized carbons (Fsp3) is 0.600. The zero-order valence-corrected chi connectivity index (χ0v) is 12.1. The average molecular weight is 266 g/mol. The molecule has 0 saturated heterocycles. The maximum Gasteiger partial charge on any atom is 0.123 e. The van der Waals surface area contributed by atoms with E-state index in [0.29, 0.717) is 11.6 Å². The molecule has 1 atom stereocenters. The lowest BCUT2D eigenvalue weighted by Crippen LogP contribution is -2.08. The summed E-state index contributed by atoms with van der Waals surface area (Å²) in [6.07, 6.45) is 2.18. The average Bonchev–Trinajstić information content (AvgIpc) is 2.32. The van der Waals surface area contributed by atoms with Crippen LogP contribution < -0.4 is 15.8 Å². The highest BCUT2D eigenvalue weighted by molar-refractivity contribution is 5.59. The Labute approximate surface area is 116 Å². The normalized spacial score (nSPS) is 12.5. The molecule has 0 aliphatic rings. The first-order valence-corrected chi connectivity index (χ1v) is 6.93. The Morgan fingerprint density at radius 2 is 2.00 bits per heavy atom. The zero-order valence-electron chi connectivity index (χ0n) is 12.1. The van der Waals surface area contributed by atoms with Crippen LogP contribution in [0.15, 0.2) is 18.2 Å².